The van der Waals surface area contributed by atoms with Crippen LogP contribution in [0.4, 0.5) is 0 Å². The molecule has 6 nitrogen and oxygen atoms in total. The van der Waals surface area contributed by atoms with E-state index in [-0.39, 0.29) is 18.6 Å². The zero-order chi connectivity index (χ0) is 12.3. The van der Waals surface area contributed by atoms with Gasteiger partial charge in [0, 0.05) is 12.6 Å². The molecule has 0 aromatic rings. The summed E-state index contributed by atoms with van der Waals surface area (Å²) in [6.07, 6.45) is -0.0827. The first-order valence-corrected chi connectivity index (χ1v) is 7.19. The molecule has 1 saturated heterocycles. The maximum absolute atomic E-state index is 10.9. The third-order valence-corrected chi connectivity index (χ3v) is 3.07. The molecule has 0 aromatic heterocycles. The zero-order valence-corrected chi connectivity index (χ0v) is 10.6. The highest BCUT2D eigenvalue weighted by Crippen LogP contribution is 2.14. The SMILES string of the molecule is CC(C)NC1COC(CNS(C)(=O)=O)C1O. The summed E-state index contributed by atoms with van der Waals surface area (Å²) in [6.45, 7) is 4.47. The Labute approximate surface area is 96.4 Å². The number of ether oxygens (including phenoxy) is 1. The van der Waals surface area contributed by atoms with Gasteiger partial charge in [-0.05, 0) is 0 Å². The van der Waals surface area contributed by atoms with Gasteiger partial charge in [0.25, 0.3) is 0 Å². The zero-order valence-electron chi connectivity index (χ0n) is 9.80. The molecular weight excluding hydrogens is 232 g/mol. The Morgan fingerprint density at radius 1 is 1.50 bits per heavy atom. The third kappa shape index (κ3) is 4.34. The lowest BCUT2D eigenvalue weighted by atomic mass is 10.1. The van der Waals surface area contributed by atoms with E-state index in [2.05, 4.69) is 10.0 Å². The molecule has 1 heterocycles. The normalized spacial score (nSPS) is 31.2. The van der Waals surface area contributed by atoms with Gasteiger partial charge in [-0.15, -0.1) is 0 Å². The van der Waals surface area contributed by atoms with Crippen LogP contribution in [0.3, 0.4) is 0 Å². The van der Waals surface area contributed by atoms with Gasteiger partial charge in [-0.1, -0.05) is 13.8 Å². The lowest BCUT2D eigenvalue weighted by Gasteiger charge is -2.20. The van der Waals surface area contributed by atoms with Gasteiger partial charge >= 0.3 is 0 Å². The Hall–Kier alpha value is -0.210. The van der Waals surface area contributed by atoms with Crippen LogP contribution in [-0.4, -0.2) is 57.2 Å². The van der Waals surface area contributed by atoms with Crippen LogP contribution < -0.4 is 10.0 Å². The Bertz CT molecular complexity index is 317. The summed E-state index contributed by atoms with van der Waals surface area (Å²) < 4.78 is 29.4. The fraction of sp³-hybridized carbons (Fsp3) is 1.00. The van der Waals surface area contributed by atoms with E-state index in [4.69, 9.17) is 4.74 Å². The van der Waals surface area contributed by atoms with Crippen molar-refractivity contribution in [1.82, 2.24) is 10.0 Å². The predicted molar refractivity (Wildman–Crippen MR) is 60.7 cm³/mol. The molecule has 1 aliphatic heterocycles. The minimum atomic E-state index is -3.24. The number of aliphatic hydroxyl groups excluding tert-OH is 1. The molecule has 0 bridgehead atoms. The second-order valence-electron chi connectivity index (χ2n) is 4.41. The van der Waals surface area contributed by atoms with Crippen molar-refractivity contribution in [2.24, 2.45) is 0 Å². The summed E-state index contributed by atoms with van der Waals surface area (Å²) in [4.78, 5) is 0. The van der Waals surface area contributed by atoms with E-state index in [9.17, 15) is 13.5 Å². The average molecular weight is 252 g/mol. The van der Waals surface area contributed by atoms with Crippen molar-refractivity contribution in [2.45, 2.75) is 38.1 Å². The molecule has 3 N–H and O–H groups in total. The second kappa shape index (κ2) is 5.42. The molecule has 0 amide bonds. The highest BCUT2D eigenvalue weighted by molar-refractivity contribution is 7.88. The van der Waals surface area contributed by atoms with E-state index in [1.807, 2.05) is 13.8 Å². The molecule has 16 heavy (non-hydrogen) atoms. The number of hydrogen-bond acceptors (Lipinski definition) is 5. The van der Waals surface area contributed by atoms with Crippen molar-refractivity contribution in [2.75, 3.05) is 19.4 Å². The predicted octanol–water partition coefficient (Wildman–Crippen LogP) is -1.34. The summed E-state index contributed by atoms with van der Waals surface area (Å²) >= 11 is 0. The first-order chi connectivity index (χ1) is 7.29. The monoisotopic (exact) mass is 252 g/mol. The molecule has 1 fully saturated rings. The maximum Gasteiger partial charge on any atom is 0.208 e. The van der Waals surface area contributed by atoms with Crippen molar-refractivity contribution >= 4 is 10.0 Å². The largest absolute Gasteiger partial charge is 0.389 e. The quantitative estimate of drug-likeness (QED) is 0.564. The van der Waals surface area contributed by atoms with Crippen LogP contribution in [0.25, 0.3) is 0 Å². The van der Waals surface area contributed by atoms with E-state index >= 15 is 0 Å². The molecule has 0 spiro atoms. The highest BCUT2D eigenvalue weighted by atomic mass is 32.2. The molecule has 7 heteroatoms. The minimum Gasteiger partial charge on any atom is -0.389 e. The van der Waals surface area contributed by atoms with Gasteiger partial charge in [-0.2, -0.15) is 0 Å². The standard InChI is InChI=1S/C9H20N2O4S/c1-6(2)11-7-5-15-8(9(7)12)4-10-16(3,13)14/h6-12H,4-5H2,1-3H3. The van der Waals surface area contributed by atoms with Gasteiger partial charge in [0.2, 0.25) is 10.0 Å². The van der Waals surface area contributed by atoms with Crippen molar-refractivity contribution in [3.8, 4) is 0 Å². The lowest BCUT2D eigenvalue weighted by molar-refractivity contribution is 0.0442. The molecule has 0 aliphatic carbocycles. The first-order valence-electron chi connectivity index (χ1n) is 5.30. The van der Waals surface area contributed by atoms with E-state index in [1.54, 1.807) is 0 Å². The van der Waals surface area contributed by atoms with Crippen LogP contribution in [0.1, 0.15) is 13.8 Å². The summed E-state index contributed by atoms with van der Waals surface area (Å²) in [7, 11) is -3.24. The van der Waals surface area contributed by atoms with Crippen LogP contribution in [0, 0.1) is 0 Å². The summed E-state index contributed by atoms with van der Waals surface area (Å²) in [5.41, 5.74) is 0. The maximum atomic E-state index is 10.9. The molecule has 0 saturated carbocycles. The van der Waals surface area contributed by atoms with E-state index < -0.39 is 22.2 Å². The van der Waals surface area contributed by atoms with Gasteiger partial charge in [0.15, 0.2) is 0 Å². The molecular formula is C9H20N2O4S. The van der Waals surface area contributed by atoms with Gasteiger partial charge in [-0.25, -0.2) is 13.1 Å². The van der Waals surface area contributed by atoms with E-state index in [0.717, 1.165) is 6.26 Å². The molecule has 1 rings (SSSR count). The third-order valence-electron chi connectivity index (χ3n) is 2.38. The second-order valence-corrected chi connectivity index (χ2v) is 6.24. The summed E-state index contributed by atoms with van der Waals surface area (Å²) in [6, 6.07) is 0.122. The molecule has 1 aliphatic rings. The molecule has 0 radical (unpaired) electrons. The van der Waals surface area contributed by atoms with Crippen molar-refractivity contribution in [3.05, 3.63) is 0 Å². The van der Waals surface area contributed by atoms with Gasteiger partial charge in [-0.3, -0.25) is 0 Å². The number of nitrogens with one attached hydrogen (secondary N) is 2. The smallest absolute Gasteiger partial charge is 0.208 e. The van der Waals surface area contributed by atoms with Crippen molar-refractivity contribution in [3.63, 3.8) is 0 Å². The van der Waals surface area contributed by atoms with Crippen molar-refractivity contribution in [1.29, 1.82) is 0 Å². The van der Waals surface area contributed by atoms with E-state index in [1.165, 1.54) is 0 Å². The van der Waals surface area contributed by atoms with Crippen molar-refractivity contribution < 1.29 is 18.3 Å². The molecule has 0 aromatic carbocycles. The van der Waals surface area contributed by atoms with Crippen LogP contribution >= 0.6 is 0 Å². The molecule has 3 atom stereocenters. The molecule has 96 valence electrons. The average Bonchev–Trinajstić information content (AvgIpc) is 2.43. The van der Waals surface area contributed by atoms with Crippen LogP contribution in [0.2, 0.25) is 0 Å². The first kappa shape index (κ1) is 13.9. The highest BCUT2D eigenvalue weighted by Gasteiger charge is 2.36. The van der Waals surface area contributed by atoms with Crippen LogP contribution in [-0.2, 0) is 14.8 Å². The van der Waals surface area contributed by atoms with Crippen LogP contribution in [0.15, 0.2) is 0 Å². The van der Waals surface area contributed by atoms with Gasteiger partial charge < -0.3 is 15.2 Å². The Balaban J connectivity index is 2.42. The summed E-state index contributed by atoms with van der Waals surface area (Å²) in [5.74, 6) is 0. The van der Waals surface area contributed by atoms with Gasteiger partial charge in [0.05, 0.1) is 31.1 Å². The Kier molecular flexibility index (Phi) is 4.69. The van der Waals surface area contributed by atoms with E-state index in [0.29, 0.717) is 6.61 Å². The van der Waals surface area contributed by atoms with Crippen LogP contribution in [0.5, 0.6) is 0 Å². The summed E-state index contributed by atoms with van der Waals surface area (Å²) in [5, 5.41) is 13.0. The fourth-order valence-corrected chi connectivity index (χ4v) is 2.14. The number of aliphatic hydroxyl groups is 1. The van der Waals surface area contributed by atoms with Gasteiger partial charge in [0.1, 0.15) is 0 Å². The Morgan fingerprint density at radius 3 is 2.62 bits per heavy atom. The number of rotatable bonds is 5. The fourth-order valence-electron chi connectivity index (χ4n) is 1.67. The lowest BCUT2D eigenvalue weighted by Crippen LogP contribution is -2.46. The number of hydrogen-bond donors (Lipinski definition) is 3. The number of sulfonamides is 1. The Morgan fingerprint density at radius 2 is 2.12 bits per heavy atom. The minimum absolute atomic E-state index is 0.107. The topological polar surface area (TPSA) is 87.7 Å². The molecule has 3 unspecified atom stereocenters.